The lowest BCUT2D eigenvalue weighted by Crippen LogP contribution is -2.19. The molecule has 0 radical (unpaired) electrons. The highest BCUT2D eigenvalue weighted by molar-refractivity contribution is 5.51. The first-order valence-electron chi connectivity index (χ1n) is 4.22. The van der Waals surface area contributed by atoms with Crippen LogP contribution in [0.5, 0.6) is 5.88 Å². The molecule has 0 aliphatic carbocycles. The van der Waals surface area contributed by atoms with Crippen LogP contribution in [0.2, 0.25) is 0 Å². The lowest BCUT2D eigenvalue weighted by molar-refractivity contribution is -0.276. The number of ether oxygens (including phenoxy) is 1. The van der Waals surface area contributed by atoms with Gasteiger partial charge in [-0.3, -0.25) is 0 Å². The molecule has 1 heterocycles. The first kappa shape index (κ1) is 12.5. The van der Waals surface area contributed by atoms with Crippen molar-refractivity contribution in [3.63, 3.8) is 0 Å². The molecule has 0 aliphatic heterocycles. The van der Waals surface area contributed by atoms with Crippen molar-refractivity contribution in [2.24, 2.45) is 5.73 Å². The van der Waals surface area contributed by atoms with Crippen LogP contribution in [0.25, 0.3) is 0 Å². The van der Waals surface area contributed by atoms with Gasteiger partial charge in [-0.25, -0.2) is 4.98 Å². The SMILES string of the molecule is NCc1c(N)cc(OC(F)(F)F)nc1CO. The fourth-order valence-electron chi connectivity index (χ4n) is 1.16. The molecular weight excluding hydrogens is 227 g/mol. The Kier molecular flexibility index (Phi) is 3.55. The van der Waals surface area contributed by atoms with Crippen molar-refractivity contribution < 1.29 is 23.0 Å². The van der Waals surface area contributed by atoms with Crippen molar-refractivity contribution in [3.05, 3.63) is 17.3 Å². The van der Waals surface area contributed by atoms with E-state index >= 15 is 0 Å². The van der Waals surface area contributed by atoms with Crippen LogP contribution in [0.4, 0.5) is 18.9 Å². The number of nitrogens with zero attached hydrogens (tertiary/aromatic N) is 1. The Labute approximate surface area is 88.8 Å². The molecule has 0 unspecified atom stereocenters. The summed E-state index contributed by atoms with van der Waals surface area (Å²) in [5.74, 6) is -0.716. The third-order valence-electron chi connectivity index (χ3n) is 1.80. The molecule has 5 nitrogen and oxygen atoms in total. The number of rotatable bonds is 3. The van der Waals surface area contributed by atoms with Gasteiger partial charge in [-0.05, 0) is 0 Å². The van der Waals surface area contributed by atoms with Gasteiger partial charge in [0, 0.05) is 23.9 Å². The average Bonchev–Trinajstić information content (AvgIpc) is 2.14. The first-order valence-corrected chi connectivity index (χ1v) is 4.22. The molecule has 5 N–H and O–H groups in total. The van der Waals surface area contributed by atoms with Crippen LogP contribution < -0.4 is 16.2 Å². The third-order valence-corrected chi connectivity index (χ3v) is 1.80. The Morgan fingerprint density at radius 3 is 2.50 bits per heavy atom. The van der Waals surface area contributed by atoms with Gasteiger partial charge >= 0.3 is 6.36 Å². The number of hydrogen-bond donors (Lipinski definition) is 3. The number of pyridine rings is 1. The molecule has 0 saturated carbocycles. The largest absolute Gasteiger partial charge is 0.574 e. The monoisotopic (exact) mass is 237 g/mol. The summed E-state index contributed by atoms with van der Waals surface area (Å²) in [7, 11) is 0. The first-order chi connectivity index (χ1) is 7.37. The molecule has 0 saturated heterocycles. The van der Waals surface area contributed by atoms with Crippen molar-refractivity contribution in [1.82, 2.24) is 4.98 Å². The predicted octanol–water partition coefficient (Wildman–Crippen LogP) is 0.513. The van der Waals surface area contributed by atoms with Crippen LogP contribution in [-0.4, -0.2) is 16.5 Å². The van der Waals surface area contributed by atoms with Crippen molar-refractivity contribution in [1.29, 1.82) is 0 Å². The number of nitrogens with two attached hydrogens (primary N) is 2. The van der Waals surface area contributed by atoms with E-state index in [9.17, 15) is 13.2 Å². The molecule has 1 aromatic heterocycles. The van der Waals surface area contributed by atoms with E-state index in [2.05, 4.69) is 9.72 Å². The smallest absolute Gasteiger partial charge is 0.398 e. The van der Waals surface area contributed by atoms with Crippen LogP contribution in [0, 0.1) is 0 Å². The van der Waals surface area contributed by atoms with Gasteiger partial charge in [0.05, 0.1) is 12.3 Å². The molecular formula is C8H10F3N3O2. The minimum absolute atomic E-state index is 0.000741. The van der Waals surface area contributed by atoms with Gasteiger partial charge < -0.3 is 21.3 Å². The number of hydrogen-bond acceptors (Lipinski definition) is 5. The molecule has 0 aromatic carbocycles. The summed E-state index contributed by atoms with van der Waals surface area (Å²) in [5, 5.41) is 8.89. The number of aromatic nitrogens is 1. The number of aliphatic hydroxyl groups is 1. The van der Waals surface area contributed by atoms with Crippen LogP contribution in [0.3, 0.4) is 0 Å². The fraction of sp³-hybridized carbons (Fsp3) is 0.375. The summed E-state index contributed by atoms with van der Waals surface area (Å²) >= 11 is 0. The summed E-state index contributed by atoms with van der Waals surface area (Å²) in [4.78, 5) is 3.46. The van der Waals surface area contributed by atoms with Crippen molar-refractivity contribution >= 4 is 5.69 Å². The molecule has 90 valence electrons. The van der Waals surface area contributed by atoms with Crippen molar-refractivity contribution in [3.8, 4) is 5.88 Å². The number of aliphatic hydroxyl groups excluding tert-OH is 1. The van der Waals surface area contributed by atoms with Gasteiger partial charge in [-0.15, -0.1) is 13.2 Å². The lowest BCUT2D eigenvalue weighted by Gasteiger charge is -2.12. The lowest BCUT2D eigenvalue weighted by atomic mass is 10.1. The Hall–Kier alpha value is -1.54. The second-order valence-corrected chi connectivity index (χ2v) is 2.89. The highest BCUT2D eigenvalue weighted by atomic mass is 19.4. The molecule has 0 aliphatic rings. The summed E-state index contributed by atoms with van der Waals surface area (Å²) in [6, 6.07) is 0.912. The molecule has 1 rings (SSSR count). The molecule has 0 fully saturated rings. The van der Waals surface area contributed by atoms with E-state index in [4.69, 9.17) is 16.6 Å². The molecule has 0 amide bonds. The minimum atomic E-state index is -4.85. The summed E-state index contributed by atoms with van der Waals surface area (Å²) in [5.41, 5.74) is 11.0. The summed E-state index contributed by atoms with van der Waals surface area (Å²) < 4.78 is 39.3. The Morgan fingerprint density at radius 1 is 1.44 bits per heavy atom. The van der Waals surface area contributed by atoms with Crippen LogP contribution in [0.1, 0.15) is 11.3 Å². The number of anilines is 1. The fourth-order valence-corrected chi connectivity index (χ4v) is 1.16. The summed E-state index contributed by atoms with van der Waals surface area (Å²) in [6.45, 7) is -0.590. The van der Waals surface area contributed by atoms with E-state index in [0.29, 0.717) is 5.56 Å². The van der Waals surface area contributed by atoms with E-state index in [1.54, 1.807) is 0 Å². The van der Waals surface area contributed by atoms with Crippen molar-refractivity contribution in [2.75, 3.05) is 5.73 Å². The maximum absolute atomic E-state index is 11.9. The highest BCUT2D eigenvalue weighted by Gasteiger charge is 2.32. The number of halogens is 3. The minimum Gasteiger partial charge on any atom is -0.398 e. The Bertz CT molecular complexity index is 382. The second-order valence-electron chi connectivity index (χ2n) is 2.89. The van der Waals surface area contributed by atoms with Gasteiger partial charge in [-0.2, -0.15) is 0 Å². The molecule has 0 spiro atoms. The average molecular weight is 237 g/mol. The van der Waals surface area contributed by atoms with Crippen LogP contribution >= 0.6 is 0 Å². The normalized spacial score (nSPS) is 11.6. The van der Waals surface area contributed by atoms with E-state index < -0.39 is 18.8 Å². The second kappa shape index (κ2) is 4.54. The van der Waals surface area contributed by atoms with Crippen LogP contribution in [0.15, 0.2) is 6.07 Å². The van der Waals surface area contributed by atoms with Gasteiger partial charge in [0.25, 0.3) is 0 Å². The highest BCUT2D eigenvalue weighted by Crippen LogP contribution is 2.25. The summed E-state index contributed by atoms with van der Waals surface area (Å²) in [6.07, 6.45) is -4.85. The Morgan fingerprint density at radius 2 is 2.06 bits per heavy atom. The van der Waals surface area contributed by atoms with E-state index in [0.717, 1.165) is 6.07 Å². The maximum atomic E-state index is 11.9. The predicted molar refractivity (Wildman–Crippen MR) is 49.1 cm³/mol. The quantitative estimate of drug-likeness (QED) is 0.712. The van der Waals surface area contributed by atoms with Crippen molar-refractivity contribution in [2.45, 2.75) is 19.5 Å². The van der Waals surface area contributed by atoms with Crippen LogP contribution in [-0.2, 0) is 13.2 Å². The van der Waals surface area contributed by atoms with Gasteiger partial charge in [0.15, 0.2) is 0 Å². The van der Waals surface area contributed by atoms with E-state index in [1.807, 2.05) is 0 Å². The number of nitrogen functional groups attached to an aromatic ring is 1. The zero-order valence-electron chi connectivity index (χ0n) is 8.08. The number of alkyl halides is 3. The Balaban J connectivity index is 3.10. The zero-order chi connectivity index (χ0) is 12.3. The molecule has 0 atom stereocenters. The molecule has 16 heavy (non-hydrogen) atoms. The molecule has 1 aromatic rings. The van der Waals surface area contributed by atoms with E-state index in [1.165, 1.54) is 0 Å². The maximum Gasteiger partial charge on any atom is 0.574 e. The molecule has 0 bridgehead atoms. The standard InChI is InChI=1S/C8H10F3N3O2/c9-8(10,11)16-7-1-5(13)4(2-12)6(3-15)14-7/h1,15H,2-3,12H2,(H2,13,14). The van der Waals surface area contributed by atoms with E-state index in [-0.39, 0.29) is 17.9 Å². The van der Waals surface area contributed by atoms with Gasteiger partial charge in [0.2, 0.25) is 5.88 Å². The van der Waals surface area contributed by atoms with Gasteiger partial charge in [-0.1, -0.05) is 0 Å². The van der Waals surface area contributed by atoms with Gasteiger partial charge in [0.1, 0.15) is 0 Å². The molecule has 8 heteroatoms. The zero-order valence-corrected chi connectivity index (χ0v) is 8.08. The topological polar surface area (TPSA) is 94.4 Å². The third kappa shape index (κ3) is 2.97.